The van der Waals surface area contributed by atoms with E-state index in [1.54, 1.807) is 0 Å². The second-order valence-corrected chi connectivity index (χ2v) is 7.89. The van der Waals surface area contributed by atoms with E-state index in [1.807, 2.05) is 0 Å². The SMILES string of the molecule is O=C(OCc1c(F)c(F)c(F)c(F)c1F)c1cc(Br)cc(C(=O)OCc2c(F)c(F)c(F)c(F)c2F)c1. The molecule has 0 atom stereocenters. The molecule has 3 rings (SSSR count). The van der Waals surface area contributed by atoms with Gasteiger partial charge in [-0.05, 0) is 18.2 Å². The highest BCUT2D eigenvalue weighted by molar-refractivity contribution is 9.10. The Morgan fingerprint density at radius 2 is 0.784 bits per heavy atom. The van der Waals surface area contributed by atoms with Crippen LogP contribution in [0, 0.1) is 58.2 Å². The quantitative estimate of drug-likeness (QED) is 0.139. The third-order valence-electron chi connectivity index (χ3n) is 4.67. The summed E-state index contributed by atoms with van der Waals surface area (Å²) in [5, 5.41) is 0. The molecule has 0 aliphatic rings. The number of benzene rings is 3. The smallest absolute Gasteiger partial charge is 0.338 e. The molecule has 0 bridgehead atoms. The van der Waals surface area contributed by atoms with E-state index in [0.717, 1.165) is 18.2 Å². The molecule has 0 heterocycles. The van der Waals surface area contributed by atoms with Crippen molar-refractivity contribution in [3.05, 3.63) is 103 Å². The molecule has 4 nitrogen and oxygen atoms in total. The van der Waals surface area contributed by atoms with Gasteiger partial charge in [-0.15, -0.1) is 0 Å². The van der Waals surface area contributed by atoms with Crippen molar-refractivity contribution in [1.29, 1.82) is 0 Å². The first kappa shape index (κ1) is 28.0. The van der Waals surface area contributed by atoms with Gasteiger partial charge in [0.25, 0.3) is 0 Å². The largest absolute Gasteiger partial charge is 0.457 e. The van der Waals surface area contributed by atoms with Crippen LogP contribution in [0.5, 0.6) is 0 Å². The van der Waals surface area contributed by atoms with Gasteiger partial charge < -0.3 is 9.47 Å². The fourth-order valence-corrected chi connectivity index (χ4v) is 3.31. The van der Waals surface area contributed by atoms with Crippen LogP contribution in [0.1, 0.15) is 31.8 Å². The lowest BCUT2D eigenvalue weighted by Crippen LogP contribution is -2.14. The molecule has 3 aromatic carbocycles. The topological polar surface area (TPSA) is 52.6 Å². The zero-order valence-electron chi connectivity index (χ0n) is 17.4. The molecule has 0 aromatic heterocycles. The third kappa shape index (κ3) is 5.40. The number of hydrogen-bond donors (Lipinski definition) is 0. The Hall–Kier alpha value is -3.62. The number of halogens is 11. The van der Waals surface area contributed by atoms with Crippen LogP contribution >= 0.6 is 15.9 Å². The van der Waals surface area contributed by atoms with Gasteiger partial charge in [-0.3, -0.25) is 0 Å². The Bertz CT molecular complexity index is 1280. The van der Waals surface area contributed by atoms with Crippen molar-refractivity contribution < 1.29 is 63.0 Å². The molecule has 0 saturated heterocycles. The van der Waals surface area contributed by atoms with Crippen LogP contribution in [0.3, 0.4) is 0 Å². The highest BCUT2D eigenvalue weighted by Crippen LogP contribution is 2.26. The van der Waals surface area contributed by atoms with Crippen LogP contribution in [0.2, 0.25) is 0 Å². The lowest BCUT2D eigenvalue weighted by atomic mass is 10.1. The molecule has 0 radical (unpaired) electrons. The molecule has 3 aromatic rings. The fourth-order valence-electron chi connectivity index (χ4n) is 2.82. The summed E-state index contributed by atoms with van der Waals surface area (Å²) >= 11 is 2.90. The van der Waals surface area contributed by atoms with E-state index in [-0.39, 0.29) is 4.47 Å². The summed E-state index contributed by atoms with van der Waals surface area (Å²) in [5.74, 6) is -25.7. The van der Waals surface area contributed by atoms with Crippen LogP contribution in [0.25, 0.3) is 0 Å². The van der Waals surface area contributed by atoms with Crippen molar-refractivity contribution in [3.8, 4) is 0 Å². The van der Waals surface area contributed by atoms with Crippen molar-refractivity contribution in [2.45, 2.75) is 13.2 Å². The summed E-state index contributed by atoms with van der Waals surface area (Å²) in [7, 11) is 0. The second kappa shape index (κ2) is 10.8. The Kier molecular flexibility index (Phi) is 8.15. The van der Waals surface area contributed by atoms with E-state index in [1.165, 1.54) is 0 Å². The van der Waals surface area contributed by atoms with Gasteiger partial charge in [0, 0.05) is 4.47 Å². The van der Waals surface area contributed by atoms with Gasteiger partial charge in [-0.2, -0.15) is 0 Å². The van der Waals surface area contributed by atoms with Crippen molar-refractivity contribution in [1.82, 2.24) is 0 Å². The van der Waals surface area contributed by atoms with E-state index in [0.29, 0.717) is 0 Å². The molecule has 196 valence electrons. The van der Waals surface area contributed by atoms with Crippen molar-refractivity contribution in [3.63, 3.8) is 0 Å². The molecule has 37 heavy (non-hydrogen) atoms. The number of hydrogen-bond acceptors (Lipinski definition) is 4. The first-order valence-corrected chi connectivity index (χ1v) is 10.2. The Morgan fingerprint density at radius 1 is 0.514 bits per heavy atom. The van der Waals surface area contributed by atoms with Crippen LogP contribution < -0.4 is 0 Å². The Morgan fingerprint density at radius 3 is 1.08 bits per heavy atom. The average molecular weight is 605 g/mol. The van der Waals surface area contributed by atoms with Crippen LogP contribution in [-0.2, 0) is 22.7 Å². The number of rotatable bonds is 6. The van der Waals surface area contributed by atoms with Crippen LogP contribution in [0.15, 0.2) is 22.7 Å². The van der Waals surface area contributed by atoms with Gasteiger partial charge in [0.2, 0.25) is 11.6 Å². The van der Waals surface area contributed by atoms with E-state index < -0.39 is 106 Å². The predicted octanol–water partition coefficient (Wildman–Crippen LogP) is 6.55. The molecule has 0 amide bonds. The fraction of sp³-hybridized carbons (Fsp3) is 0.0909. The maximum Gasteiger partial charge on any atom is 0.338 e. The van der Waals surface area contributed by atoms with Gasteiger partial charge >= 0.3 is 11.9 Å². The molecular formula is C22H7BrF10O4. The zero-order valence-corrected chi connectivity index (χ0v) is 19.0. The molecule has 0 aliphatic heterocycles. The van der Waals surface area contributed by atoms with Gasteiger partial charge in [-0.25, -0.2) is 53.5 Å². The Balaban J connectivity index is 1.79. The summed E-state index contributed by atoms with van der Waals surface area (Å²) < 4.78 is 143. The number of carbonyl (C=O) groups is 2. The molecule has 0 unspecified atom stereocenters. The molecule has 0 N–H and O–H groups in total. The zero-order chi connectivity index (χ0) is 27.8. The highest BCUT2D eigenvalue weighted by atomic mass is 79.9. The van der Waals surface area contributed by atoms with Crippen molar-refractivity contribution in [2.75, 3.05) is 0 Å². The minimum Gasteiger partial charge on any atom is -0.457 e. The normalized spacial score (nSPS) is 11.0. The van der Waals surface area contributed by atoms with Gasteiger partial charge in [0.15, 0.2) is 46.5 Å². The second-order valence-electron chi connectivity index (χ2n) is 6.98. The standard InChI is InChI=1S/C22H7BrF10O4/c23-8-2-6(21(34)36-4-9-11(24)15(28)19(32)16(29)12(9)25)1-7(3-8)22(35)37-5-10-13(26)17(30)20(33)18(31)14(10)27/h1-3H,4-5H2. The number of ether oxygens (including phenoxy) is 2. The molecule has 0 fully saturated rings. The molecule has 15 heteroatoms. The maximum atomic E-state index is 13.7. The van der Waals surface area contributed by atoms with E-state index in [9.17, 15) is 53.5 Å². The molecular weight excluding hydrogens is 598 g/mol. The lowest BCUT2D eigenvalue weighted by Gasteiger charge is -2.11. The number of carbonyl (C=O) groups excluding carboxylic acids is 2. The maximum absolute atomic E-state index is 13.7. The summed E-state index contributed by atoms with van der Waals surface area (Å²) in [6.45, 7) is -2.81. The number of esters is 2. The summed E-state index contributed by atoms with van der Waals surface area (Å²) in [4.78, 5) is 24.5. The monoisotopic (exact) mass is 604 g/mol. The molecule has 0 aliphatic carbocycles. The van der Waals surface area contributed by atoms with E-state index in [4.69, 9.17) is 0 Å². The highest BCUT2D eigenvalue weighted by Gasteiger charge is 2.28. The van der Waals surface area contributed by atoms with Gasteiger partial charge in [0.05, 0.1) is 22.3 Å². The van der Waals surface area contributed by atoms with E-state index in [2.05, 4.69) is 25.4 Å². The first-order chi connectivity index (χ1) is 17.3. The summed E-state index contributed by atoms with van der Waals surface area (Å²) in [6.07, 6.45) is 0. The van der Waals surface area contributed by atoms with E-state index >= 15 is 0 Å². The van der Waals surface area contributed by atoms with Gasteiger partial charge in [-0.1, -0.05) is 15.9 Å². The average Bonchev–Trinajstić information content (AvgIpc) is 2.87. The van der Waals surface area contributed by atoms with Crippen LogP contribution in [-0.4, -0.2) is 11.9 Å². The Labute approximate surface area is 207 Å². The summed E-state index contributed by atoms with van der Waals surface area (Å²) in [6, 6.07) is 2.75. The van der Waals surface area contributed by atoms with Crippen molar-refractivity contribution >= 4 is 27.9 Å². The van der Waals surface area contributed by atoms with Crippen LogP contribution in [0.4, 0.5) is 43.9 Å². The lowest BCUT2D eigenvalue weighted by molar-refractivity contribution is 0.0460. The van der Waals surface area contributed by atoms with Crippen molar-refractivity contribution in [2.24, 2.45) is 0 Å². The predicted molar refractivity (Wildman–Crippen MR) is 105 cm³/mol. The summed E-state index contributed by atoms with van der Waals surface area (Å²) in [5.41, 5.74) is -3.97. The van der Waals surface area contributed by atoms with Gasteiger partial charge in [0.1, 0.15) is 13.2 Å². The third-order valence-corrected chi connectivity index (χ3v) is 5.12. The minimum atomic E-state index is -2.42. The minimum absolute atomic E-state index is 0.0265. The molecule has 0 spiro atoms. The first-order valence-electron chi connectivity index (χ1n) is 9.41. The molecule has 0 saturated carbocycles.